The second kappa shape index (κ2) is 7.26. The van der Waals surface area contributed by atoms with Crippen molar-refractivity contribution in [3.8, 4) is 0 Å². The van der Waals surface area contributed by atoms with E-state index in [1.807, 2.05) is 13.8 Å². The molecule has 1 aromatic rings. The predicted octanol–water partition coefficient (Wildman–Crippen LogP) is 3.70. The number of rotatable bonds is 7. The molecule has 8 heteroatoms. The third kappa shape index (κ3) is 5.58. The minimum Gasteiger partial charge on any atom is -0.382 e. The Balaban J connectivity index is 2.75. The molecule has 0 saturated heterocycles. The molecule has 0 spiro atoms. The molecule has 5 nitrogen and oxygen atoms in total. The molecule has 0 aromatic heterocycles. The number of hydrogen-bond donors (Lipinski definition) is 1. The summed E-state index contributed by atoms with van der Waals surface area (Å²) in [5.74, 6) is 0.343. The van der Waals surface area contributed by atoms with Gasteiger partial charge in [-0.1, -0.05) is 13.8 Å². The average molecular weight is 306 g/mol. The number of nitrogens with one attached hydrogen (secondary N) is 1. The molecule has 0 amide bonds. The summed E-state index contributed by atoms with van der Waals surface area (Å²) in [7, 11) is 0. The van der Waals surface area contributed by atoms with Gasteiger partial charge in [-0.15, -0.1) is 0 Å². The Hall–Kier alpha value is -1.83. The van der Waals surface area contributed by atoms with E-state index in [1.54, 1.807) is 0 Å². The van der Waals surface area contributed by atoms with Crippen LogP contribution in [0, 0.1) is 16.0 Å². The Morgan fingerprint density at radius 2 is 2.05 bits per heavy atom. The molecule has 118 valence electrons. The van der Waals surface area contributed by atoms with E-state index in [0.29, 0.717) is 18.6 Å². The van der Waals surface area contributed by atoms with Gasteiger partial charge >= 0.3 is 6.18 Å². The lowest BCUT2D eigenvalue weighted by Gasteiger charge is -2.14. The number of halogens is 3. The SMILES string of the molecule is CC(C)COCCNc1ccc([N+](=O)[O-])cc1C(F)(F)F. The smallest absolute Gasteiger partial charge is 0.382 e. The van der Waals surface area contributed by atoms with Gasteiger partial charge in [0.1, 0.15) is 0 Å². The standard InChI is InChI=1S/C13H17F3N2O3/c1-9(2)8-21-6-5-17-12-4-3-10(18(19)20)7-11(12)13(14,15)16/h3-4,7,9,17H,5-6,8H2,1-2H3. The maximum atomic E-state index is 12.9. The molecular formula is C13H17F3N2O3. The summed E-state index contributed by atoms with van der Waals surface area (Å²) in [6, 6.07) is 2.62. The van der Waals surface area contributed by atoms with Gasteiger partial charge in [0.15, 0.2) is 0 Å². The van der Waals surface area contributed by atoms with Crippen LogP contribution < -0.4 is 5.32 Å². The van der Waals surface area contributed by atoms with Crippen LogP contribution in [0.25, 0.3) is 0 Å². The first-order chi connectivity index (χ1) is 9.71. The quantitative estimate of drug-likeness (QED) is 0.474. The second-order valence-electron chi connectivity index (χ2n) is 4.88. The van der Waals surface area contributed by atoms with Crippen LogP contribution in [0.4, 0.5) is 24.5 Å². The van der Waals surface area contributed by atoms with Crippen LogP contribution in [0.3, 0.4) is 0 Å². The van der Waals surface area contributed by atoms with Gasteiger partial charge in [-0.3, -0.25) is 10.1 Å². The summed E-state index contributed by atoms with van der Waals surface area (Å²) < 4.78 is 43.9. The average Bonchev–Trinajstić information content (AvgIpc) is 2.36. The molecule has 0 saturated carbocycles. The first-order valence-electron chi connectivity index (χ1n) is 6.39. The Kier molecular flexibility index (Phi) is 5.95. The van der Waals surface area contributed by atoms with E-state index in [1.165, 1.54) is 0 Å². The normalized spacial score (nSPS) is 11.7. The van der Waals surface area contributed by atoms with Crippen molar-refractivity contribution in [3.05, 3.63) is 33.9 Å². The summed E-state index contributed by atoms with van der Waals surface area (Å²) in [5.41, 5.74) is -1.84. The minimum absolute atomic E-state index is 0.188. The number of nitrogens with zero attached hydrogens (tertiary/aromatic N) is 1. The van der Waals surface area contributed by atoms with Gasteiger partial charge in [0.25, 0.3) is 5.69 Å². The fourth-order valence-electron chi connectivity index (χ4n) is 1.61. The van der Waals surface area contributed by atoms with Crippen molar-refractivity contribution in [2.75, 3.05) is 25.1 Å². The lowest BCUT2D eigenvalue weighted by atomic mass is 10.1. The Morgan fingerprint density at radius 3 is 2.57 bits per heavy atom. The predicted molar refractivity (Wildman–Crippen MR) is 72.2 cm³/mol. The zero-order chi connectivity index (χ0) is 16.0. The molecule has 21 heavy (non-hydrogen) atoms. The van der Waals surface area contributed by atoms with Crippen molar-refractivity contribution in [1.29, 1.82) is 0 Å². The largest absolute Gasteiger partial charge is 0.418 e. The van der Waals surface area contributed by atoms with Crippen molar-refractivity contribution in [3.63, 3.8) is 0 Å². The zero-order valence-corrected chi connectivity index (χ0v) is 11.7. The van der Waals surface area contributed by atoms with Crippen molar-refractivity contribution in [2.24, 2.45) is 5.92 Å². The molecular weight excluding hydrogens is 289 g/mol. The number of non-ortho nitro benzene ring substituents is 1. The molecule has 0 aliphatic carbocycles. The van der Waals surface area contributed by atoms with E-state index in [0.717, 1.165) is 12.1 Å². The van der Waals surface area contributed by atoms with Gasteiger partial charge < -0.3 is 10.1 Å². The molecule has 0 radical (unpaired) electrons. The Labute approximate surface area is 120 Å². The summed E-state index contributed by atoms with van der Waals surface area (Å²) in [5, 5.41) is 13.1. The lowest BCUT2D eigenvalue weighted by Crippen LogP contribution is -2.16. The highest BCUT2D eigenvalue weighted by atomic mass is 19.4. The zero-order valence-electron chi connectivity index (χ0n) is 11.7. The monoisotopic (exact) mass is 306 g/mol. The van der Waals surface area contributed by atoms with Crippen LogP contribution in [0.15, 0.2) is 18.2 Å². The lowest BCUT2D eigenvalue weighted by molar-refractivity contribution is -0.385. The number of ether oxygens (including phenoxy) is 1. The molecule has 0 unspecified atom stereocenters. The number of anilines is 1. The van der Waals surface area contributed by atoms with E-state index in [2.05, 4.69) is 5.32 Å². The van der Waals surface area contributed by atoms with Gasteiger partial charge in [-0.2, -0.15) is 13.2 Å². The third-order valence-electron chi connectivity index (χ3n) is 2.53. The first-order valence-corrected chi connectivity index (χ1v) is 6.39. The molecule has 1 aromatic carbocycles. The Morgan fingerprint density at radius 1 is 1.38 bits per heavy atom. The highest BCUT2D eigenvalue weighted by Gasteiger charge is 2.35. The van der Waals surface area contributed by atoms with Gasteiger partial charge in [-0.05, 0) is 12.0 Å². The number of hydrogen-bond acceptors (Lipinski definition) is 4. The van der Waals surface area contributed by atoms with Crippen LogP contribution in [0.5, 0.6) is 0 Å². The van der Waals surface area contributed by atoms with Crippen LogP contribution in [0.2, 0.25) is 0 Å². The molecule has 0 atom stereocenters. The molecule has 0 bridgehead atoms. The van der Waals surface area contributed by atoms with Gasteiger partial charge in [0.2, 0.25) is 0 Å². The highest BCUT2D eigenvalue weighted by Crippen LogP contribution is 2.36. The van der Waals surface area contributed by atoms with E-state index in [-0.39, 0.29) is 18.8 Å². The van der Waals surface area contributed by atoms with E-state index in [9.17, 15) is 23.3 Å². The maximum absolute atomic E-state index is 12.9. The highest BCUT2D eigenvalue weighted by molar-refractivity contribution is 5.57. The topological polar surface area (TPSA) is 64.4 Å². The van der Waals surface area contributed by atoms with E-state index < -0.39 is 22.4 Å². The number of nitro groups is 1. The number of alkyl halides is 3. The maximum Gasteiger partial charge on any atom is 0.418 e. The van der Waals surface area contributed by atoms with Gasteiger partial charge in [-0.25, -0.2) is 0 Å². The van der Waals surface area contributed by atoms with Crippen molar-refractivity contribution in [1.82, 2.24) is 0 Å². The summed E-state index contributed by atoms with van der Waals surface area (Å²) in [4.78, 5) is 9.70. The summed E-state index contributed by atoms with van der Waals surface area (Å²) in [6.07, 6.45) is -4.66. The van der Waals surface area contributed by atoms with Crippen molar-refractivity contribution in [2.45, 2.75) is 20.0 Å². The molecule has 0 fully saturated rings. The molecule has 1 N–H and O–H groups in total. The fourth-order valence-corrected chi connectivity index (χ4v) is 1.61. The van der Waals surface area contributed by atoms with Crippen molar-refractivity contribution < 1.29 is 22.8 Å². The Bertz CT molecular complexity index is 490. The molecule has 1 rings (SSSR count). The minimum atomic E-state index is -4.66. The molecule has 0 aliphatic rings. The number of nitro benzene ring substituents is 1. The molecule has 0 aliphatic heterocycles. The fraction of sp³-hybridized carbons (Fsp3) is 0.538. The van der Waals surface area contributed by atoms with Crippen LogP contribution in [0.1, 0.15) is 19.4 Å². The van der Waals surface area contributed by atoms with Gasteiger partial charge in [0, 0.05) is 31.0 Å². The van der Waals surface area contributed by atoms with E-state index in [4.69, 9.17) is 4.74 Å². The van der Waals surface area contributed by atoms with Crippen LogP contribution in [-0.2, 0) is 10.9 Å². The van der Waals surface area contributed by atoms with Crippen molar-refractivity contribution >= 4 is 11.4 Å². The number of benzene rings is 1. The second-order valence-corrected chi connectivity index (χ2v) is 4.88. The third-order valence-corrected chi connectivity index (χ3v) is 2.53. The van der Waals surface area contributed by atoms with E-state index >= 15 is 0 Å². The van der Waals surface area contributed by atoms with Gasteiger partial charge in [0.05, 0.1) is 17.1 Å². The summed E-state index contributed by atoms with van der Waals surface area (Å²) >= 11 is 0. The first kappa shape index (κ1) is 17.2. The van der Waals surface area contributed by atoms with Crippen LogP contribution >= 0.6 is 0 Å². The van der Waals surface area contributed by atoms with Crippen LogP contribution in [-0.4, -0.2) is 24.7 Å². The summed E-state index contributed by atoms with van der Waals surface area (Å²) in [6.45, 7) is 4.89. The molecule has 0 heterocycles.